The molecule has 1 aromatic carbocycles. The Kier molecular flexibility index (Phi) is 6.37. The van der Waals surface area contributed by atoms with Crippen LogP contribution in [0.4, 0.5) is 0 Å². The molecule has 0 radical (unpaired) electrons. The summed E-state index contributed by atoms with van der Waals surface area (Å²) in [6.45, 7) is 9.16. The number of nitrogens with zero attached hydrogens (tertiary/aromatic N) is 1. The first kappa shape index (κ1) is 18.0. The van der Waals surface area contributed by atoms with E-state index in [9.17, 15) is 13.2 Å². The van der Waals surface area contributed by atoms with Crippen molar-refractivity contribution < 1.29 is 17.9 Å². The number of hydrogen-bond acceptors (Lipinski definition) is 4. The van der Waals surface area contributed by atoms with Crippen LogP contribution in [-0.4, -0.2) is 32.3 Å². The van der Waals surface area contributed by atoms with Crippen LogP contribution in [0.25, 0.3) is 0 Å². The van der Waals surface area contributed by atoms with E-state index in [4.69, 9.17) is 0 Å². The topological polar surface area (TPSA) is 63.7 Å². The van der Waals surface area contributed by atoms with Crippen molar-refractivity contribution >= 4 is 16.0 Å². The predicted molar refractivity (Wildman–Crippen MR) is 85.7 cm³/mol. The lowest BCUT2D eigenvalue weighted by Gasteiger charge is -2.24. The van der Waals surface area contributed by atoms with Crippen molar-refractivity contribution in [3.63, 3.8) is 0 Å². The molecule has 0 N–H and O–H groups in total. The fourth-order valence-electron chi connectivity index (χ4n) is 1.84. The molecule has 120 valence electrons. The summed E-state index contributed by atoms with van der Waals surface area (Å²) in [5.41, 5.74) is 0.746. The van der Waals surface area contributed by atoms with E-state index >= 15 is 0 Å². The number of allylic oxidation sites excluding steroid dienone is 1. The molecule has 0 atom stereocenters. The summed E-state index contributed by atoms with van der Waals surface area (Å²) in [5.74, 6) is -0.769. The Morgan fingerprint density at radius 2 is 1.91 bits per heavy atom. The largest absolute Gasteiger partial charge is 0.464 e. The lowest BCUT2D eigenvalue weighted by atomic mass is 10.2. The maximum Gasteiger partial charge on any atom is 0.354 e. The van der Waals surface area contributed by atoms with Gasteiger partial charge in [-0.05, 0) is 31.9 Å². The Morgan fingerprint density at radius 3 is 2.41 bits per heavy atom. The Hall–Kier alpha value is -2.08. The van der Waals surface area contributed by atoms with Crippen LogP contribution < -0.4 is 0 Å². The zero-order valence-electron chi connectivity index (χ0n) is 12.9. The normalized spacial score (nSPS) is 10.8. The van der Waals surface area contributed by atoms with E-state index < -0.39 is 16.0 Å². The number of hydrogen-bond donors (Lipinski definition) is 0. The van der Waals surface area contributed by atoms with Gasteiger partial charge in [-0.15, -0.1) is 6.58 Å². The third kappa shape index (κ3) is 4.21. The van der Waals surface area contributed by atoms with Gasteiger partial charge < -0.3 is 4.74 Å². The molecule has 6 heteroatoms. The molecule has 22 heavy (non-hydrogen) atoms. The van der Waals surface area contributed by atoms with Gasteiger partial charge in [-0.25, -0.2) is 13.2 Å². The maximum atomic E-state index is 12.7. The highest BCUT2D eigenvalue weighted by atomic mass is 32.2. The van der Waals surface area contributed by atoms with Crippen molar-refractivity contribution in [2.75, 3.05) is 13.7 Å². The summed E-state index contributed by atoms with van der Waals surface area (Å²) in [7, 11) is -2.67. The van der Waals surface area contributed by atoms with Crippen molar-refractivity contribution in [1.29, 1.82) is 0 Å². The Balaban J connectivity index is 3.17. The van der Waals surface area contributed by atoms with Gasteiger partial charge in [-0.2, -0.15) is 0 Å². The predicted octanol–water partition coefficient (Wildman–Crippen LogP) is 2.64. The second-order valence-electron chi connectivity index (χ2n) is 4.76. The number of unbranched alkanes of at least 4 members (excludes halogenated alkanes) is 1. The molecule has 0 aliphatic heterocycles. The van der Waals surface area contributed by atoms with E-state index in [0.29, 0.717) is 12.8 Å². The standard InChI is InChI=1S/C16H21NO4S/c1-5-6-7-12-17(14(3)16(18)21-4)22(19,20)15-10-8-13(2)9-11-15/h5,8-11H,1,3,6-7,12H2,2,4H3. The van der Waals surface area contributed by atoms with E-state index in [1.807, 2.05) is 6.92 Å². The molecule has 5 nitrogen and oxygen atoms in total. The fraction of sp³-hybridized carbons (Fsp3) is 0.312. The van der Waals surface area contributed by atoms with Crippen molar-refractivity contribution in [3.8, 4) is 0 Å². The zero-order valence-corrected chi connectivity index (χ0v) is 13.7. The van der Waals surface area contributed by atoms with Gasteiger partial charge in [0.25, 0.3) is 10.0 Å². The van der Waals surface area contributed by atoms with E-state index in [0.717, 1.165) is 9.87 Å². The van der Waals surface area contributed by atoms with Crippen LogP contribution in [0, 0.1) is 6.92 Å². The van der Waals surface area contributed by atoms with Gasteiger partial charge in [-0.1, -0.05) is 30.4 Å². The summed E-state index contributed by atoms with van der Waals surface area (Å²) >= 11 is 0. The second kappa shape index (κ2) is 7.79. The first-order valence-corrected chi connectivity index (χ1v) is 8.26. The monoisotopic (exact) mass is 323 g/mol. The number of carbonyl (C=O) groups excluding carboxylic acids is 1. The molecule has 0 spiro atoms. The number of carbonyl (C=O) groups is 1. The van der Waals surface area contributed by atoms with Crippen LogP contribution >= 0.6 is 0 Å². The molecule has 0 heterocycles. The van der Waals surface area contributed by atoms with E-state index in [1.165, 1.54) is 19.2 Å². The summed E-state index contributed by atoms with van der Waals surface area (Å²) in [6.07, 6.45) is 2.86. The Labute approximate surface area is 131 Å². The van der Waals surface area contributed by atoms with Gasteiger partial charge >= 0.3 is 5.97 Å². The summed E-state index contributed by atoms with van der Waals surface area (Å²) in [5, 5.41) is 0. The molecule has 0 bridgehead atoms. The minimum atomic E-state index is -3.85. The van der Waals surface area contributed by atoms with Gasteiger partial charge in [0.2, 0.25) is 0 Å². The Morgan fingerprint density at radius 1 is 1.32 bits per heavy atom. The average molecular weight is 323 g/mol. The lowest BCUT2D eigenvalue weighted by molar-refractivity contribution is -0.137. The molecule has 0 fully saturated rings. The molecule has 0 saturated carbocycles. The first-order valence-electron chi connectivity index (χ1n) is 6.82. The molecule has 0 saturated heterocycles. The summed E-state index contributed by atoms with van der Waals surface area (Å²) < 4.78 is 31.0. The third-order valence-corrected chi connectivity index (χ3v) is 4.95. The number of aryl methyl sites for hydroxylation is 1. The van der Waals surface area contributed by atoms with Crippen molar-refractivity contribution in [2.45, 2.75) is 24.7 Å². The van der Waals surface area contributed by atoms with Crippen LogP contribution in [0.2, 0.25) is 0 Å². The van der Waals surface area contributed by atoms with Gasteiger partial charge in [0, 0.05) is 6.54 Å². The molecule has 1 aromatic rings. The van der Waals surface area contributed by atoms with Gasteiger partial charge in [-0.3, -0.25) is 4.31 Å². The number of methoxy groups -OCH3 is 1. The van der Waals surface area contributed by atoms with Crippen LogP contribution in [0.5, 0.6) is 0 Å². The van der Waals surface area contributed by atoms with E-state index in [1.54, 1.807) is 18.2 Å². The molecule has 0 amide bonds. The minimum absolute atomic E-state index is 0.113. The van der Waals surface area contributed by atoms with E-state index in [-0.39, 0.29) is 17.1 Å². The highest BCUT2D eigenvalue weighted by Crippen LogP contribution is 2.21. The van der Waals surface area contributed by atoms with Gasteiger partial charge in [0.15, 0.2) is 0 Å². The van der Waals surface area contributed by atoms with Crippen LogP contribution in [0.1, 0.15) is 18.4 Å². The maximum absolute atomic E-state index is 12.7. The number of rotatable bonds is 8. The molecule has 1 rings (SSSR count). The van der Waals surface area contributed by atoms with E-state index in [2.05, 4.69) is 17.9 Å². The van der Waals surface area contributed by atoms with Crippen LogP contribution in [0.3, 0.4) is 0 Å². The number of ether oxygens (including phenoxy) is 1. The first-order chi connectivity index (χ1) is 10.3. The van der Waals surface area contributed by atoms with Crippen LogP contribution in [0.15, 0.2) is 54.1 Å². The number of benzene rings is 1. The number of sulfonamides is 1. The molecular formula is C16H21NO4S. The SMILES string of the molecule is C=CCCCN(C(=C)C(=O)OC)S(=O)(=O)c1ccc(C)cc1. The summed E-state index contributed by atoms with van der Waals surface area (Å²) in [4.78, 5) is 11.8. The quantitative estimate of drug-likeness (QED) is 0.319. The van der Waals surface area contributed by atoms with Gasteiger partial charge in [0.1, 0.15) is 5.70 Å². The van der Waals surface area contributed by atoms with Gasteiger partial charge in [0.05, 0.1) is 12.0 Å². The summed E-state index contributed by atoms with van der Waals surface area (Å²) in [6, 6.07) is 6.43. The highest BCUT2D eigenvalue weighted by Gasteiger charge is 2.28. The smallest absolute Gasteiger partial charge is 0.354 e. The average Bonchev–Trinajstić information content (AvgIpc) is 2.50. The van der Waals surface area contributed by atoms with Crippen molar-refractivity contribution in [1.82, 2.24) is 4.31 Å². The molecule has 0 aromatic heterocycles. The fourth-order valence-corrected chi connectivity index (χ4v) is 3.31. The Bertz CT molecular complexity index is 647. The zero-order chi connectivity index (χ0) is 16.8. The molecule has 0 aliphatic carbocycles. The lowest BCUT2D eigenvalue weighted by Crippen LogP contribution is -2.34. The van der Waals surface area contributed by atoms with Crippen molar-refractivity contribution in [2.24, 2.45) is 0 Å². The number of esters is 1. The van der Waals surface area contributed by atoms with Crippen molar-refractivity contribution in [3.05, 3.63) is 54.8 Å². The molecule has 0 unspecified atom stereocenters. The third-order valence-electron chi connectivity index (χ3n) is 3.10. The molecular weight excluding hydrogens is 302 g/mol. The highest BCUT2D eigenvalue weighted by molar-refractivity contribution is 7.89. The van der Waals surface area contributed by atoms with Crippen LogP contribution in [-0.2, 0) is 19.6 Å². The minimum Gasteiger partial charge on any atom is -0.464 e. The second-order valence-corrected chi connectivity index (χ2v) is 6.62. The molecule has 0 aliphatic rings.